The van der Waals surface area contributed by atoms with E-state index in [0.29, 0.717) is 19.1 Å². The molecule has 4 heteroatoms. The van der Waals surface area contributed by atoms with Crippen molar-refractivity contribution in [2.75, 3.05) is 19.8 Å². The van der Waals surface area contributed by atoms with Crippen molar-refractivity contribution >= 4 is 5.91 Å². The molecule has 1 aliphatic heterocycles. The summed E-state index contributed by atoms with van der Waals surface area (Å²) in [5.74, 6) is 0.305. The van der Waals surface area contributed by atoms with Gasteiger partial charge in [-0.05, 0) is 25.2 Å². The van der Waals surface area contributed by atoms with Crippen LogP contribution in [-0.2, 0) is 9.53 Å². The van der Waals surface area contributed by atoms with E-state index in [9.17, 15) is 9.90 Å². The maximum atomic E-state index is 12.0. The van der Waals surface area contributed by atoms with Crippen LogP contribution < -0.4 is 5.32 Å². The van der Waals surface area contributed by atoms with Crippen molar-refractivity contribution in [1.82, 2.24) is 5.32 Å². The number of hydrogen-bond donors (Lipinski definition) is 2. The molecule has 2 fully saturated rings. The predicted octanol–water partition coefficient (Wildman–Crippen LogP) is 1.47. The minimum Gasteiger partial charge on any atom is -0.396 e. The summed E-state index contributed by atoms with van der Waals surface area (Å²) in [6, 6.07) is 0. The molecule has 2 atom stereocenters. The summed E-state index contributed by atoms with van der Waals surface area (Å²) in [4.78, 5) is 12.0. The number of aliphatic hydroxyl groups is 1. The van der Waals surface area contributed by atoms with Crippen molar-refractivity contribution in [3.8, 4) is 0 Å². The zero-order valence-corrected chi connectivity index (χ0v) is 11.3. The normalized spacial score (nSPS) is 31.2. The minimum atomic E-state index is -0.288. The van der Waals surface area contributed by atoms with Gasteiger partial charge in [0.05, 0.1) is 6.61 Å². The second-order valence-corrected chi connectivity index (χ2v) is 5.99. The zero-order valence-electron chi connectivity index (χ0n) is 11.3. The predicted molar refractivity (Wildman–Crippen MR) is 69.1 cm³/mol. The summed E-state index contributed by atoms with van der Waals surface area (Å²) < 4.78 is 5.46. The molecule has 0 bridgehead atoms. The average Bonchev–Trinajstić information content (AvgIpc) is 2.83. The van der Waals surface area contributed by atoms with Gasteiger partial charge in [-0.1, -0.05) is 26.2 Å². The van der Waals surface area contributed by atoms with Gasteiger partial charge in [-0.25, -0.2) is 0 Å². The van der Waals surface area contributed by atoms with Crippen LogP contribution in [0.1, 0.15) is 45.4 Å². The molecule has 2 unspecified atom stereocenters. The van der Waals surface area contributed by atoms with Crippen LogP contribution >= 0.6 is 0 Å². The summed E-state index contributed by atoms with van der Waals surface area (Å²) in [6.07, 6.45) is 6.28. The first-order valence-corrected chi connectivity index (χ1v) is 7.17. The average molecular weight is 255 g/mol. The first-order valence-electron chi connectivity index (χ1n) is 7.17. The molecule has 1 heterocycles. The molecule has 2 rings (SSSR count). The van der Waals surface area contributed by atoms with Gasteiger partial charge in [0.25, 0.3) is 0 Å². The summed E-state index contributed by atoms with van der Waals surface area (Å²) in [5, 5.41) is 12.6. The third-order valence-corrected chi connectivity index (χ3v) is 4.53. The smallest absolute Gasteiger partial charge is 0.249 e. The number of hydrogen-bond acceptors (Lipinski definition) is 3. The van der Waals surface area contributed by atoms with Crippen molar-refractivity contribution < 1.29 is 14.6 Å². The number of nitrogens with one attached hydrogen (secondary N) is 1. The quantitative estimate of drug-likeness (QED) is 0.800. The van der Waals surface area contributed by atoms with Gasteiger partial charge in [-0.2, -0.15) is 0 Å². The van der Waals surface area contributed by atoms with E-state index in [1.54, 1.807) is 0 Å². The van der Waals surface area contributed by atoms with Gasteiger partial charge in [0.1, 0.15) is 6.10 Å². The molecule has 4 nitrogen and oxygen atoms in total. The highest BCUT2D eigenvalue weighted by Crippen LogP contribution is 2.35. The van der Waals surface area contributed by atoms with Crippen LogP contribution in [0.3, 0.4) is 0 Å². The highest BCUT2D eigenvalue weighted by atomic mass is 16.5. The fourth-order valence-electron chi connectivity index (χ4n) is 3.10. The second kappa shape index (κ2) is 6.02. The second-order valence-electron chi connectivity index (χ2n) is 5.99. The summed E-state index contributed by atoms with van der Waals surface area (Å²) in [6.45, 7) is 3.51. The fourth-order valence-corrected chi connectivity index (χ4v) is 3.10. The Balaban J connectivity index is 1.83. The van der Waals surface area contributed by atoms with Crippen LogP contribution in [0, 0.1) is 11.3 Å². The molecule has 1 amide bonds. The van der Waals surface area contributed by atoms with E-state index in [2.05, 4.69) is 12.2 Å². The lowest BCUT2D eigenvalue weighted by molar-refractivity contribution is -0.132. The molecule has 1 aliphatic carbocycles. The number of carbonyl (C=O) groups excluding carboxylic acids is 1. The van der Waals surface area contributed by atoms with Gasteiger partial charge in [-0.3, -0.25) is 4.79 Å². The van der Waals surface area contributed by atoms with E-state index in [4.69, 9.17) is 4.74 Å². The van der Waals surface area contributed by atoms with Crippen molar-refractivity contribution in [3.05, 3.63) is 0 Å². The third-order valence-electron chi connectivity index (χ3n) is 4.53. The lowest BCUT2D eigenvalue weighted by atomic mass is 9.74. The lowest BCUT2D eigenvalue weighted by Crippen LogP contribution is -2.45. The Morgan fingerprint density at radius 3 is 2.67 bits per heavy atom. The van der Waals surface area contributed by atoms with Crippen LogP contribution in [0.15, 0.2) is 0 Å². The topological polar surface area (TPSA) is 58.6 Å². The summed E-state index contributed by atoms with van der Waals surface area (Å²) >= 11 is 0. The Morgan fingerprint density at radius 2 is 2.11 bits per heavy atom. The minimum absolute atomic E-state index is 0.00148. The monoisotopic (exact) mass is 255 g/mol. The molecule has 0 aromatic carbocycles. The number of carbonyl (C=O) groups is 1. The zero-order chi connectivity index (χ0) is 13.0. The molecule has 0 aromatic rings. The van der Waals surface area contributed by atoms with Crippen molar-refractivity contribution in [2.45, 2.75) is 51.6 Å². The van der Waals surface area contributed by atoms with Crippen LogP contribution in [0.2, 0.25) is 0 Å². The molecule has 2 aliphatic rings. The highest BCUT2D eigenvalue weighted by Gasteiger charge is 2.35. The molecule has 1 saturated heterocycles. The molecule has 0 spiro atoms. The molecule has 18 heavy (non-hydrogen) atoms. The highest BCUT2D eigenvalue weighted by molar-refractivity contribution is 5.81. The maximum Gasteiger partial charge on any atom is 0.249 e. The van der Waals surface area contributed by atoms with Crippen molar-refractivity contribution in [1.29, 1.82) is 0 Å². The first kappa shape index (κ1) is 13.8. The van der Waals surface area contributed by atoms with Crippen LogP contribution in [-0.4, -0.2) is 36.9 Å². The van der Waals surface area contributed by atoms with Gasteiger partial charge in [-0.15, -0.1) is 0 Å². The number of amides is 1. The largest absolute Gasteiger partial charge is 0.396 e. The molecule has 104 valence electrons. The van der Waals surface area contributed by atoms with Gasteiger partial charge >= 0.3 is 0 Å². The summed E-state index contributed by atoms with van der Waals surface area (Å²) in [7, 11) is 0. The van der Waals surface area contributed by atoms with Crippen LogP contribution in [0.5, 0.6) is 0 Å². The van der Waals surface area contributed by atoms with Gasteiger partial charge in [0.15, 0.2) is 0 Å². The Labute approximate surface area is 109 Å². The molecule has 0 radical (unpaired) electrons. The first-order chi connectivity index (χ1) is 8.67. The van der Waals surface area contributed by atoms with Crippen molar-refractivity contribution in [3.63, 3.8) is 0 Å². The third kappa shape index (κ3) is 3.04. The van der Waals surface area contributed by atoms with Crippen molar-refractivity contribution in [2.24, 2.45) is 11.3 Å². The van der Waals surface area contributed by atoms with Crippen LogP contribution in [0.25, 0.3) is 0 Å². The van der Waals surface area contributed by atoms with E-state index in [1.165, 1.54) is 6.42 Å². The molecule has 0 aromatic heterocycles. The standard InChI is InChI=1S/C14H25NO3/c1-11-5-8-18-12(11)13(17)15-9-14(10-16)6-3-2-4-7-14/h11-12,16H,2-10H2,1H3,(H,15,17). The van der Waals surface area contributed by atoms with Gasteiger partial charge in [0.2, 0.25) is 5.91 Å². The number of aliphatic hydroxyl groups excluding tert-OH is 1. The van der Waals surface area contributed by atoms with Gasteiger partial charge < -0.3 is 15.2 Å². The van der Waals surface area contributed by atoms with E-state index in [1.807, 2.05) is 0 Å². The Kier molecular flexibility index (Phi) is 4.62. The Hall–Kier alpha value is -0.610. The SMILES string of the molecule is CC1CCOC1C(=O)NCC1(CO)CCCCC1. The van der Waals surface area contributed by atoms with Gasteiger partial charge in [0, 0.05) is 18.6 Å². The Bertz CT molecular complexity index is 287. The fraction of sp³-hybridized carbons (Fsp3) is 0.929. The van der Waals surface area contributed by atoms with E-state index < -0.39 is 0 Å². The maximum absolute atomic E-state index is 12.0. The molecule has 1 saturated carbocycles. The van der Waals surface area contributed by atoms with E-state index in [0.717, 1.165) is 32.1 Å². The summed E-state index contributed by atoms with van der Waals surface area (Å²) in [5.41, 5.74) is -0.0875. The molecular formula is C14H25NO3. The molecular weight excluding hydrogens is 230 g/mol. The lowest BCUT2D eigenvalue weighted by Gasteiger charge is -2.36. The number of ether oxygens (including phenoxy) is 1. The molecule has 2 N–H and O–H groups in total. The van der Waals surface area contributed by atoms with E-state index >= 15 is 0 Å². The Morgan fingerprint density at radius 1 is 1.39 bits per heavy atom. The number of rotatable bonds is 4. The van der Waals surface area contributed by atoms with Crippen LogP contribution in [0.4, 0.5) is 0 Å². The van der Waals surface area contributed by atoms with E-state index in [-0.39, 0.29) is 24.0 Å².